The highest BCUT2D eigenvalue weighted by Gasteiger charge is 2.38. The molecule has 1 aliphatic heterocycles. The summed E-state index contributed by atoms with van der Waals surface area (Å²) in [6.45, 7) is 6.73. The van der Waals surface area contributed by atoms with Gasteiger partial charge in [-0.3, -0.25) is 4.79 Å². The molecule has 3 nitrogen and oxygen atoms in total. The summed E-state index contributed by atoms with van der Waals surface area (Å²) in [5, 5.41) is 9.45. The van der Waals surface area contributed by atoms with E-state index in [0.717, 1.165) is 48.3 Å². The van der Waals surface area contributed by atoms with Crippen molar-refractivity contribution in [3.05, 3.63) is 0 Å². The summed E-state index contributed by atoms with van der Waals surface area (Å²) in [6, 6.07) is 0.745. The fourth-order valence-electron chi connectivity index (χ4n) is 7.40. The van der Waals surface area contributed by atoms with Crippen molar-refractivity contribution < 1.29 is 14.4 Å². The quantitative estimate of drug-likeness (QED) is 0.0934. The second kappa shape index (κ2) is 20.3. The number of unbranched alkanes of at least 4 members (excludes halogenated alkanes) is 15. The van der Waals surface area contributed by atoms with Crippen LogP contribution in [0.2, 0.25) is 0 Å². The predicted molar refractivity (Wildman–Crippen MR) is 165 cm³/mol. The van der Waals surface area contributed by atoms with Crippen LogP contribution in [-0.4, -0.2) is 41.7 Å². The highest BCUT2D eigenvalue weighted by atomic mass is 16.4. The van der Waals surface area contributed by atoms with E-state index in [1.165, 1.54) is 141 Å². The van der Waals surface area contributed by atoms with Gasteiger partial charge >= 0.3 is 5.97 Å². The third-order valence-electron chi connectivity index (χ3n) is 10.5. The number of likely N-dealkylation sites (tertiary alicyclic amines) is 1. The van der Waals surface area contributed by atoms with Crippen LogP contribution in [0.15, 0.2) is 0 Å². The summed E-state index contributed by atoms with van der Waals surface area (Å²) in [7, 11) is 2.44. The van der Waals surface area contributed by atoms with Gasteiger partial charge in [0.05, 0.1) is 32.1 Å². The molecule has 2 fully saturated rings. The number of rotatable bonds is 25. The van der Waals surface area contributed by atoms with Crippen molar-refractivity contribution in [1.29, 1.82) is 0 Å². The van der Waals surface area contributed by atoms with E-state index in [4.69, 9.17) is 0 Å². The van der Waals surface area contributed by atoms with Crippen LogP contribution in [0, 0.1) is 17.8 Å². The van der Waals surface area contributed by atoms with Gasteiger partial charge in [0, 0.05) is 12.8 Å². The van der Waals surface area contributed by atoms with Gasteiger partial charge in [0.2, 0.25) is 0 Å². The number of nitrogens with zero attached hydrogens (tertiary/aromatic N) is 1. The van der Waals surface area contributed by atoms with Crippen molar-refractivity contribution in [2.75, 3.05) is 20.1 Å². The van der Waals surface area contributed by atoms with Gasteiger partial charge in [0.15, 0.2) is 0 Å². The fourth-order valence-corrected chi connectivity index (χ4v) is 7.40. The lowest BCUT2D eigenvalue weighted by Crippen LogP contribution is -2.57. The normalized spacial score (nSPS) is 25.9. The van der Waals surface area contributed by atoms with Crippen LogP contribution in [-0.2, 0) is 4.79 Å². The van der Waals surface area contributed by atoms with Crippen molar-refractivity contribution in [1.82, 2.24) is 0 Å². The number of hydrogen-bond donors (Lipinski definition) is 1. The average molecular weight is 535 g/mol. The topological polar surface area (TPSA) is 37.3 Å². The highest BCUT2D eigenvalue weighted by Crippen LogP contribution is 2.45. The van der Waals surface area contributed by atoms with Crippen molar-refractivity contribution in [3.8, 4) is 0 Å². The molecule has 1 heterocycles. The van der Waals surface area contributed by atoms with Gasteiger partial charge in [-0.05, 0) is 43.9 Å². The maximum atomic E-state index is 11.5. The Morgan fingerprint density at radius 2 is 1.05 bits per heavy atom. The van der Waals surface area contributed by atoms with E-state index in [1.54, 1.807) is 6.42 Å². The molecule has 0 aromatic heterocycles. The number of carbonyl (C=O) groups is 1. The van der Waals surface area contributed by atoms with Gasteiger partial charge in [0.1, 0.15) is 0 Å². The Morgan fingerprint density at radius 1 is 0.658 bits per heavy atom. The lowest BCUT2D eigenvalue weighted by atomic mass is 9.90. The van der Waals surface area contributed by atoms with Crippen molar-refractivity contribution in [2.45, 2.75) is 180 Å². The molecule has 2 aliphatic rings. The molecule has 1 N–H and O–H groups in total. The lowest BCUT2D eigenvalue weighted by molar-refractivity contribution is -0.939. The third kappa shape index (κ3) is 14.2. The lowest BCUT2D eigenvalue weighted by Gasteiger charge is -2.46. The number of aliphatic carboxylic acids is 1. The molecule has 3 atom stereocenters. The van der Waals surface area contributed by atoms with E-state index in [2.05, 4.69) is 20.9 Å². The second-order valence-corrected chi connectivity index (χ2v) is 13.8. The monoisotopic (exact) mass is 535 g/mol. The number of carboxylic acid groups (broad SMARTS) is 1. The smallest absolute Gasteiger partial charge is 0.306 e. The van der Waals surface area contributed by atoms with E-state index in [9.17, 15) is 9.90 Å². The van der Waals surface area contributed by atoms with Gasteiger partial charge in [-0.25, -0.2) is 0 Å². The van der Waals surface area contributed by atoms with E-state index >= 15 is 0 Å². The predicted octanol–water partition coefficient (Wildman–Crippen LogP) is 10.6. The zero-order chi connectivity index (χ0) is 27.5. The molecular formula is C35H68NO2+. The van der Waals surface area contributed by atoms with Crippen molar-refractivity contribution >= 4 is 5.97 Å². The maximum Gasteiger partial charge on any atom is 0.306 e. The first-order valence-corrected chi connectivity index (χ1v) is 17.6. The van der Waals surface area contributed by atoms with E-state index in [1.807, 2.05) is 0 Å². The Bertz CT molecular complexity index is 582. The Kier molecular flexibility index (Phi) is 18.0. The molecule has 0 radical (unpaired) electrons. The zero-order valence-electron chi connectivity index (χ0n) is 26.2. The fraction of sp³-hybridized carbons (Fsp3) is 0.971. The SMILES string of the molecule is CCCCCCCCC1CC1CCCCCCCCCC(CCCCCCC)[N+]1(C)CCC(C(=O)O)CC1. The first kappa shape index (κ1) is 33.6. The van der Waals surface area contributed by atoms with Gasteiger partial charge in [-0.15, -0.1) is 0 Å². The minimum Gasteiger partial charge on any atom is -0.481 e. The zero-order valence-corrected chi connectivity index (χ0v) is 26.2. The van der Waals surface area contributed by atoms with Gasteiger partial charge < -0.3 is 9.59 Å². The molecule has 0 amide bonds. The van der Waals surface area contributed by atoms with E-state index < -0.39 is 5.97 Å². The van der Waals surface area contributed by atoms with Gasteiger partial charge in [-0.2, -0.15) is 0 Å². The first-order valence-electron chi connectivity index (χ1n) is 17.6. The van der Waals surface area contributed by atoms with Crippen molar-refractivity contribution in [3.63, 3.8) is 0 Å². The molecule has 1 saturated carbocycles. The molecule has 224 valence electrons. The summed E-state index contributed by atoms with van der Waals surface area (Å²) in [4.78, 5) is 11.5. The minimum absolute atomic E-state index is 0.0995. The van der Waals surface area contributed by atoms with Crippen LogP contribution < -0.4 is 0 Å². The largest absolute Gasteiger partial charge is 0.481 e. The molecule has 3 unspecified atom stereocenters. The Hall–Kier alpha value is -0.570. The molecule has 0 spiro atoms. The standard InChI is InChI=1S/C35H67NO2/c1-4-6-8-10-15-18-22-32-30-33(32)23-19-16-12-11-13-17-21-25-34(24-20-14-9-7-5-2)36(3)28-26-31(27-29-36)35(37)38/h31-34H,4-30H2,1-3H3/p+1. The molecular weight excluding hydrogens is 466 g/mol. The number of quaternary nitrogens is 1. The minimum atomic E-state index is -0.572. The summed E-state index contributed by atoms with van der Waals surface area (Å²) < 4.78 is 1.14. The number of carboxylic acids is 1. The van der Waals surface area contributed by atoms with Crippen LogP contribution in [0.4, 0.5) is 0 Å². The highest BCUT2D eigenvalue weighted by molar-refractivity contribution is 5.69. The average Bonchev–Trinajstić information content (AvgIpc) is 3.66. The van der Waals surface area contributed by atoms with Crippen LogP contribution in [0.1, 0.15) is 174 Å². The van der Waals surface area contributed by atoms with E-state index in [-0.39, 0.29) is 5.92 Å². The molecule has 1 aliphatic carbocycles. The first-order chi connectivity index (χ1) is 18.5. The van der Waals surface area contributed by atoms with Gasteiger partial charge in [0.25, 0.3) is 0 Å². The Balaban J connectivity index is 1.51. The molecule has 0 bridgehead atoms. The summed E-state index contributed by atoms with van der Waals surface area (Å²) in [5.41, 5.74) is 0. The summed E-state index contributed by atoms with van der Waals surface area (Å²) in [6.07, 6.45) is 34.5. The van der Waals surface area contributed by atoms with Crippen molar-refractivity contribution in [2.24, 2.45) is 17.8 Å². The maximum absolute atomic E-state index is 11.5. The number of hydrogen-bond acceptors (Lipinski definition) is 1. The summed E-state index contributed by atoms with van der Waals surface area (Å²) in [5.74, 6) is 1.52. The third-order valence-corrected chi connectivity index (χ3v) is 10.5. The molecule has 0 aromatic carbocycles. The van der Waals surface area contributed by atoms with Crippen LogP contribution in [0.5, 0.6) is 0 Å². The molecule has 1 saturated heterocycles. The van der Waals surface area contributed by atoms with Crippen LogP contribution in [0.3, 0.4) is 0 Å². The molecule has 2 rings (SSSR count). The van der Waals surface area contributed by atoms with Gasteiger partial charge in [-0.1, -0.05) is 129 Å². The molecule has 0 aromatic rings. The Morgan fingerprint density at radius 3 is 1.47 bits per heavy atom. The summed E-state index contributed by atoms with van der Waals surface area (Å²) >= 11 is 0. The van der Waals surface area contributed by atoms with Crippen LogP contribution in [0.25, 0.3) is 0 Å². The second-order valence-electron chi connectivity index (χ2n) is 13.8. The number of piperidine rings is 1. The van der Waals surface area contributed by atoms with E-state index in [0.29, 0.717) is 0 Å². The van der Waals surface area contributed by atoms with Crippen LogP contribution >= 0.6 is 0 Å². The Labute approximate surface area is 238 Å². The molecule has 3 heteroatoms. The molecule has 38 heavy (non-hydrogen) atoms.